The lowest BCUT2D eigenvalue weighted by molar-refractivity contribution is 0.103. The molecule has 0 spiro atoms. The van der Waals surface area contributed by atoms with Crippen LogP contribution in [0.1, 0.15) is 44.9 Å². The minimum atomic E-state index is 0.0203. The Morgan fingerprint density at radius 3 is 2.65 bits per heavy atom. The summed E-state index contributed by atoms with van der Waals surface area (Å²) in [4.78, 5) is 14.6. The summed E-state index contributed by atoms with van der Waals surface area (Å²) in [5.41, 5.74) is 3.46. The van der Waals surface area contributed by atoms with Crippen LogP contribution in [0.3, 0.4) is 0 Å². The Labute approximate surface area is 123 Å². The summed E-state index contributed by atoms with van der Waals surface area (Å²) in [6, 6.07) is 10.0. The summed E-state index contributed by atoms with van der Waals surface area (Å²) in [6.45, 7) is 2.04. The molecule has 104 valence electrons. The third kappa shape index (κ3) is 2.93. The summed E-state index contributed by atoms with van der Waals surface area (Å²) in [5, 5.41) is 2.98. The zero-order valence-electron chi connectivity index (χ0n) is 11.7. The van der Waals surface area contributed by atoms with E-state index in [9.17, 15) is 4.79 Å². The number of amides is 1. The van der Waals surface area contributed by atoms with Gasteiger partial charge < -0.3 is 5.32 Å². The van der Waals surface area contributed by atoms with Crippen molar-refractivity contribution in [3.63, 3.8) is 0 Å². The lowest BCUT2D eigenvalue weighted by Gasteiger charge is -2.03. The SMILES string of the molecule is Cc1ccc(NC(=O)c2cc3c(s2)CCCCC3)cc1. The van der Waals surface area contributed by atoms with E-state index in [1.165, 1.54) is 35.3 Å². The number of benzene rings is 1. The molecule has 0 saturated carbocycles. The maximum Gasteiger partial charge on any atom is 0.265 e. The second-order valence-electron chi connectivity index (χ2n) is 5.44. The Balaban J connectivity index is 1.75. The molecule has 0 bridgehead atoms. The molecule has 1 amide bonds. The molecule has 0 fully saturated rings. The number of carbonyl (C=O) groups is 1. The molecule has 0 saturated heterocycles. The van der Waals surface area contributed by atoms with E-state index >= 15 is 0 Å². The molecule has 0 aliphatic heterocycles. The first-order chi connectivity index (χ1) is 9.72. The van der Waals surface area contributed by atoms with Gasteiger partial charge in [-0.15, -0.1) is 11.3 Å². The molecule has 0 atom stereocenters. The smallest absolute Gasteiger partial charge is 0.265 e. The van der Waals surface area contributed by atoms with Gasteiger partial charge in [-0.3, -0.25) is 4.79 Å². The van der Waals surface area contributed by atoms with Crippen LogP contribution in [-0.2, 0) is 12.8 Å². The predicted octanol–water partition coefficient (Wildman–Crippen LogP) is 4.58. The third-order valence-electron chi connectivity index (χ3n) is 3.78. The highest BCUT2D eigenvalue weighted by molar-refractivity contribution is 7.14. The van der Waals surface area contributed by atoms with Gasteiger partial charge in [0.05, 0.1) is 4.88 Å². The Morgan fingerprint density at radius 1 is 1.10 bits per heavy atom. The number of anilines is 1. The molecular weight excluding hydrogens is 266 g/mol. The van der Waals surface area contributed by atoms with Gasteiger partial charge in [-0.05, 0) is 56.4 Å². The molecule has 1 heterocycles. The Bertz CT molecular complexity index is 589. The molecule has 2 nitrogen and oxygen atoms in total. The van der Waals surface area contributed by atoms with Gasteiger partial charge in [-0.25, -0.2) is 0 Å². The lowest BCUT2D eigenvalue weighted by atomic mass is 10.1. The number of aryl methyl sites for hydroxylation is 3. The average Bonchev–Trinajstić information content (AvgIpc) is 2.73. The molecular formula is C17H19NOS. The van der Waals surface area contributed by atoms with Crippen molar-refractivity contribution in [2.75, 3.05) is 5.32 Å². The highest BCUT2D eigenvalue weighted by atomic mass is 32.1. The van der Waals surface area contributed by atoms with Gasteiger partial charge in [-0.1, -0.05) is 24.1 Å². The van der Waals surface area contributed by atoms with E-state index in [2.05, 4.69) is 11.4 Å². The van der Waals surface area contributed by atoms with Gasteiger partial charge in [0, 0.05) is 10.6 Å². The van der Waals surface area contributed by atoms with Gasteiger partial charge in [0.1, 0.15) is 0 Å². The molecule has 3 rings (SSSR count). The first-order valence-corrected chi connectivity index (χ1v) is 8.03. The minimum Gasteiger partial charge on any atom is -0.321 e. The van der Waals surface area contributed by atoms with Crippen molar-refractivity contribution in [3.8, 4) is 0 Å². The van der Waals surface area contributed by atoms with Crippen LogP contribution in [0, 0.1) is 6.92 Å². The fourth-order valence-corrected chi connectivity index (χ4v) is 3.76. The van der Waals surface area contributed by atoms with Crippen molar-refractivity contribution < 1.29 is 4.79 Å². The largest absolute Gasteiger partial charge is 0.321 e. The second kappa shape index (κ2) is 5.80. The van der Waals surface area contributed by atoms with E-state index in [-0.39, 0.29) is 5.91 Å². The van der Waals surface area contributed by atoms with Gasteiger partial charge in [0.25, 0.3) is 5.91 Å². The monoisotopic (exact) mass is 285 g/mol. The van der Waals surface area contributed by atoms with Crippen LogP contribution in [-0.4, -0.2) is 5.91 Å². The maximum atomic E-state index is 12.3. The van der Waals surface area contributed by atoms with E-state index in [4.69, 9.17) is 0 Å². The van der Waals surface area contributed by atoms with Crippen LogP contribution in [0.15, 0.2) is 30.3 Å². The van der Waals surface area contributed by atoms with Crippen LogP contribution in [0.2, 0.25) is 0 Å². The number of fused-ring (bicyclic) bond motifs is 1. The molecule has 1 N–H and O–H groups in total. The first-order valence-electron chi connectivity index (χ1n) is 7.22. The van der Waals surface area contributed by atoms with Gasteiger partial charge in [0.15, 0.2) is 0 Å². The molecule has 2 aromatic rings. The minimum absolute atomic E-state index is 0.0203. The molecule has 1 aromatic heterocycles. The van der Waals surface area contributed by atoms with Crippen molar-refractivity contribution in [1.29, 1.82) is 0 Å². The van der Waals surface area contributed by atoms with E-state index in [1.807, 2.05) is 31.2 Å². The number of hydrogen-bond donors (Lipinski definition) is 1. The fourth-order valence-electron chi connectivity index (χ4n) is 2.61. The molecule has 20 heavy (non-hydrogen) atoms. The number of hydrogen-bond acceptors (Lipinski definition) is 2. The summed E-state index contributed by atoms with van der Waals surface area (Å²) in [5.74, 6) is 0.0203. The molecule has 0 unspecified atom stereocenters. The third-order valence-corrected chi connectivity index (χ3v) is 5.02. The highest BCUT2D eigenvalue weighted by Crippen LogP contribution is 2.29. The average molecular weight is 285 g/mol. The summed E-state index contributed by atoms with van der Waals surface area (Å²) >= 11 is 1.67. The normalized spacial score (nSPS) is 14.4. The van der Waals surface area contributed by atoms with Gasteiger partial charge in [0.2, 0.25) is 0 Å². The van der Waals surface area contributed by atoms with Crippen molar-refractivity contribution in [3.05, 3.63) is 51.2 Å². The van der Waals surface area contributed by atoms with Crippen molar-refractivity contribution >= 4 is 22.9 Å². The van der Waals surface area contributed by atoms with Crippen LogP contribution in [0.4, 0.5) is 5.69 Å². The standard InChI is InChI=1S/C17H19NOS/c1-12-7-9-14(10-8-12)18-17(19)16-11-13-5-3-2-4-6-15(13)20-16/h7-11H,2-6H2,1H3,(H,18,19). The van der Waals surface area contributed by atoms with Crippen molar-refractivity contribution in [2.24, 2.45) is 0 Å². The number of nitrogens with one attached hydrogen (secondary N) is 1. The van der Waals surface area contributed by atoms with Crippen LogP contribution < -0.4 is 5.32 Å². The van der Waals surface area contributed by atoms with Crippen molar-refractivity contribution in [1.82, 2.24) is 0 Å². The van der Waals surface area contributed by atoms with E-state index in [0.717, 1.165) is 23.4 Å². The molecule has 1 aliphatic carbocycles. The molecule has 3 heteroatoms. The fraction of sp³-hybridized carbons (Fsp3) is 0.353. The number of carbonyl (C=O) groups excluding carboxylic acids is 1. The maximum absolute atomic E-state index is 12.3. The van der Waals surface area contributed by atoms with Crippen LogP contribution in [0.5, 0.6) is 0 Å². The summed E-state index contributed by atoms with van der Waals surface area (Å²) < 4.78 is 0. The summed E-state index contributed by atoms with van der Waals surface area (Å²) in [7, 11) is 0. The Morgan fingerprint density at radius 2 is 1.85 bits per heavy atom. The number of thiophene rings is 1. The first kappa shape index (κ1) is 13.4. The molecule has 1 aromatic carbocycles. The predicted molar refractivity (Wildman–Crippen MR) is 84.7 cm³/mol. The van der Waals surface area contributed by atoms with Crippen molar-refractivity contribution in [2.45, 2.75) is 39.0 Å². The van der Waals surface area contributed by atoms with Gasteiger partial charge in [-0.2, -0.15) is 0 Å². The molecule has 1 aliphatic rings. The zero-order valence-corrected chi connectivity index (χ0v) is 12.6. The van der Waals surface area contributed by atoms with E-state index in [1.54, 1.807) is 11.3 Å². The van der Waals surface area contributed by atoms with Crippen LogP contribution in [0.25, 0.3) is 0 Å². The topological polar surface area (TPSA) is 29.1 Å². The van der Waals surface area contributed by atoms with E-state index < -0.39 is 0 Å². The van der Waals surface area contributed by atoms with Gasteiger partial charge >= 0.3 is 0 Å². The summed E-state index contributed by atoms with van der Waals surface area (Å²) in [6.07, 6.45) is 6.09. The van der Waals surface area contributed by atoms with Crippen LogP contribution >= 0.6 is 11.3 Å². The Hall–Kier alpha value is -1.61. The lowest BCUT2D eigenvalue weighted by Crippen LogP contribution is -2.10. The second-order valence-corrected chi connectivity index (χ2v) is 6.58. The molecule has 0 radical (unpaired) electrons. The zero-order chi connectivity index (χ0) is 13.9. The van der Waals surface area contributed by atoms with E-state index in [0.29, 0.717) is 0 Å². The quantitative estimate of drug-likeness (QED) is 0.804. The number of rotatable bonds is 2. The highest BCUT2D eigenvalue weighted by Gasteiger charge is 2.16. The Kier molecular flexibility index (Phi) is 3.88.